The van der Waals surface area contributed by atoms with Crippen LogP contribution in [0.5, 0.6) is 0 Å². The van der Waals surface area contributed by atoms with Gasteiger partial charge in [-0.2, -0.15) is 13.2 Å². The number of fused-ring (bicyclic) bond motifs is 1. The van der Waals surface area contributed by atoms with Gasteiger partial charge in [-0.25, -0.2) is 9.07 Å². The summed E-state index contributed by atoms with van der Waals surface area (Å²) in [6.07, 6.45) is -4.70. The highest BCUT2D eigenvalue weighted by molar-refractivity contribution is 6.08. The molecule has 1 saturated heterocycles. The van der Waals surface area contributed by atoms with Crippen molar-refractivity contribution in [2.24, 2.45) is 0 Å². The van der Waals surface area contributed by atoms with E-state index in [4.69, 9.17) is 9.84 Å². The lowest BCUT2D eigenvalue weighted by atomic mass is 9.81. The molecule has 0 radical (unpaired) electrons. The van der Waals surface area contributed by atoms with Crippen LogP contribution < -0.4 is 15.5 Å². The van der Waals surface area contributed by atoms with Gasteiger partial charge < -0.3 is 15.4 Å². The van der Waals surface area contributed by atoms with E-state index in [2.05, 4.69) is 17.2 Å². The molecular weight excluding hydrogens is 656 g/mol. The Morgan fingerprint density at radius 2 is 1.70 bits per heavy atom. The van der Waals surface area contributed by atoms with Crippen LogP contribution >= 0.6 is 0 Å². The zero-order valence-electron chi connectivity index (χ0n) is 27.0. The number of rotatable bonds is 9. The molecule has 10 nitrogen and oxygen atoms in total. The number of likely N-dealkylation sites (N-methyl/N-ethyl adjacent to an activating group) is 1. The molecule has 2 aliphatic rings. The van der Waals surface area contributed by atoms with E-state index in [0.717, 1.165) is 12.1 Å². The number of carbonyl (C=O) groups excluding carboxylic acids is 3. The molecule has 3 amide bonds. The first-order valence-electron chi connectivity index (χ1n) is 16.0. The third kappa shape index (κ3) is 7.03. The number of aromatic nitrogens is 2. The van der Waals surface area contributed by atoms with E-state index < -0.39 is 47.2 Å². The number of para-hydroxylation sites is 1. The molecule has 4 aromatic rings. The molecule has 0 spiro atoms. The van der Waals surface area contributed by atoms with Crippen molar-refractivity contribution in [1.29, 1.82) is 0 Å². The van der Waals surface area contributed by atoms with Crippen molar-refractivity contribution in [3.8, 4) is 5.69 Å². The summed E-state index contributed by atoms with van der Waals surface area (Å²) in [4.78, 5) is 45.1. The predicted molar refractivity (Wildman–Crippen MR) is 178 cm³/mol. The number of anilines is 2. The van der Waals surface area contributed by atoms with Crippen LogP contribution in [0.15, 0.2) is 91.0 Å². The maximum Gasteiger partial charge on any atom is 0.416 e. The van der Waals surface area contributed by atoms with Gasteiger partial charge in [-0.05, 0) is 55.0 Å². The van der Waals surface area contributed by atoms with Crippen molar-refractivity contribution < 1.29 is 36.7 Å². The van der Waals surface area contributed by atoms with E-state index in [1.165, 1.54) is 39.9 Å². The fourth-order valence-electron chi connectivity index (χ4n) is 6.23. The lowest BCUT2D eigenvalue weighted by molar-refractivity contribution is -0.137. The van der Waals surface area contributed by atoms with Crippen molar-refractivity contribution in [2.45, 2.75) is 25.1 Å². The molecule has 1 aromatic heterocycles. The molecule has 3 heterocycles. The monoisotopic (exact) mass is 690 g/mol. The van der Waals surface area contributed by atoms with E-state index >= 15 is 0 Å². The van der Waals surface area contributed by atoms with Crippen LogP contribution in [0.25, 0.3) is 5.69 Å². The Hall–Kier alpha value is -5.34. The standard InChI is InChI=1S/C36H34F4N6O4/c1-3-45-34-29(31(43-46(34)27-10-5-4-6-11-27)42-32(47)22(2)21-44-16-18-50-19-17-44)28(23-12-14-26(37)15-13-23)30(35(45)49)41-33(48)24-8-7-9-25(20-24)36(38,39)40/h4-15,20,28,30H,2-3,16-19,21H2,1H3,(H,41,48)(H,42,43,47)/t28-,30-/m0/s1. The Balaban J connectivity index is 1.47. The highest BCUT2D eigenvalue weighted by atomic mass is 19.4. The molecule has 2 aliphatic heterocycles. The first-order valence-corrected chi connectivity index (χ1v) is 16.0. The van der Waals surface area contributed by atoms with Crippen LogP contribution in [0.1, 0.15) is 39.9 Å². The minimum atomic E-state index is -4.70. The maximum absolute atomic E-state index is 14.4. The van der Waals surface area contributed by atoms with Crippen molar-refractivity contribution >= 4 is 29.4 Å². The molecule has 2 N–H and O–H groups in total. The molecular formula is C36H34F4N6O4. The molecule has 0 unspecified atom stereocenters. The Morgan fingerprint density at radius 3 is 2.36 bits per heavy atom. The Morgan fingerprint density at radius 1 is 1.00 bits per heavy atom. The maximum atomic E-state index is 14.4. The zero-order valence-corrected chi connectivity index (χ0v) is 27.0. The summed E-state index contributed by atoms with van der Waals surface area (Å²) in [7, 11) is 0. The number of halogens is 4. The highest BCUT2D eigenvalue weighted by Gasteiger charge is 2.47. The summed E-state index contributed by atoms with van der Waals surface area (Å²) in [6.45, 7) is 8.38. The number of nitrogens with one attached hydrogen (secondary N) is 2. The van der Waals surface area contributed by atoms with Gasteiger partial charge in [-0.15, -0.1) is 5.10 Å². The number of morpholine rings is 1. The minimum Gasteiger partial charge on any atom is -0.379 e. The molecule has 0 saturated carbocycles. The topological polar surface area (TPSA) is 109 Å². The summed E-state index contributed by atoms with van der Waals surface area (Å²) in [5.74, 6) is -3.28. The summed E-state index contributed by atoms with van der Waals surface area (Å²) in [5.41, 5.74) is 0.199. The second kappa shape index (κ2) is 14.3. The summed E-state index contributed by atoms with van der Waals surface area (Å²) < 4.78 is 61.7. The molecule has 260 valence electrons. The summed E-state index contributed by atoms with van der Waals surface area (Å²) in [5, 5.41) is 10.3. The number of ether oxygens (including phenoxy) is 1. The number of nitrogens with zero attached hydrogens (tertiary/aromatic N) is 4. The second-order valence-electron chi connectivity index (χ2n) is 11.9. The van der Waals surface area contributed by atoms with Crippen LogP contribution in [-0.4, -0.2) is 77.8 Å². The van der Waals surface area contributed by atoms with E-state index in [0.29, 0.717) is 55.0 Å². The van der Waals surface area contributed by atoms with Crippen molar-refractivity contribution in [1.82, 2.24) is 20.0 Å². The fourth-order valence-corrected chi connectivity index (χ4v) is 6.23. The number of hydrogen-bond donors (Lipinski definition) is 2. The predicted octanol–water partition coefficient (Wildman–Crippen LogP) is 5.15. The van der Waals surface area contributed by atoms with Gasteiger partial charge in [0, 0.05) is 48.8 Å². The van der Waals surface area contributed by atoms with Gasteiger partial charge in [0.2, 0.25) is 0 Å². The number of carbonyl (C=O) groups is 3. The summed E-state index contributed by atoms with van der Waals surface area (Å²) >= 11 is 0. The van der Waals surface area contributed by atoms with E-state index in [1.54, 1.807) is 37.3 Å². The van der Waals surface area contributed by atoms with Crippen LogP contribution in [0.2, 0.25) is 0 Å². The molecule has 2 atom stereocenters. The first-order chi connectivity index (χ1) is 24.0. The van der Waals surface area contributed by atoms with Crippen molar-refractivity contribution in [2.75, 3.05) is 49.6 Å². The lowest BCUT2D eigenvalue weighted by Crippen LogP contribution is -2.55. The highest BCUT2D eigenvalue weighted by Crippen LogP contribution is 2.45. The van der Waals surface area contributed by atoms with Crippen LogP contribution in [0, 0.1) is 5.82 Å². The normalized spacial score (nSPS) is 18.0. The quantitative estimate of drug-likeness (QED) is 0.186. The van der Waals surface area contributed by atoms with E-state index in [1.807, 2.05) is 4.90 Å². The number of alkyl halides is 3. The van der Waals surface area contributed by atoms with Gasteiger partial charge in [-0.3, -0.25) is 24.2 Å². The first kappa shape index (κ1) is 34.5. The third-order valence-corrected chi connectivity index (χ3v) is 8.68. The Kier molecular flexibility index (Phi) is 9.84. The van der Waals surface area contributed by atoms with Crippen molar-refractivity contribution in [3.63, 3.8) is 0 Å². The van der Waals surface area contributed by atoms with Crippen LogP contribution in [-0.2, 0) is 20.5 Å². The average Bonchev–Trinajstić information content (AvgIpc) is 3.47. The summed E-state index contributed by atoms with van der Waals surface area (Å²) in [6, 6.07) is 16.7. The number of amides is 3. The van der Waals surface area contributed by atoms with Gasteiger partial charge in [0.05, 0.1) is 24.5 Å². The van der Waals surface area contributed by atoms with Gasteiger partial charge in [0.15, 0.2) is 5.82 Å². The third-order valence-electron chi connectivity index (χ3n) is 8.68. The van der Waals surface area contributed by atoms with Gasteiger partial charge in [-0.1, -0.05) is 43.0 Å². The van der Waals surface area contributed by atoms with Crippen LogP contribution in [0.3, 0.4) is 0 Å². The Labute approximate surface area is 285 Å². The zero-order chi connectivity index (χ0) is 35.6. The average molecular weight is 691 g/mol. The van der Waals surface area contributed by atoms with Crippen LogP contribution in [0.4, 0.5) is 29.2 Å². The van der Waals surface area contributed by atoms with Gasteiger partial charge in [0.1, 0.15) is 17.7 Å². The Bertz CT molecular complexity index is 1910. The molecule has 14 heteroatoms. The molecule has 1 fully saturated rings. The number of hydrogen-bond acceptors (Lipinski definition) is 6. The molecule has 0 bridgehead atoms. The molecule has 3 aromatic carbocycles. The largest absolute Gasteiger partial charge is 0.416 e. The fraction of sp³-hybridized carbons (Fsp3) is 0.278. The lowest BCUT2D eigenvalue weighted by Gasteiger charge is -2.38. The molecule has 50 heavy (non-hydrogen) atoms. The molecule has 0 aliphatic carbocycles. The van der Waals surface area contributed by atoms with Gasteiger partial charge >= 0.3 is 6.18 Å². The molecule has 6 rings (SSSR count). The second-order valence-corrected chi connectivity index (χ2v) is 11.9. The smallest absolute Gasteiger partial charge is 0.379 e. The van der Waals surface area contributed by atoms with E-state index in [9.17, 15) is 31.9 Å². The van der Waals surface area contributed by atoms with Crippen molar-refractivity contribution in [3.05, 3.63) is 119 Å². The minimum absolute atomic E-state index is 0.0653. The SMILES string of the molecule is C=C(CN1CCOCC1)C(=O)Nc1nn(-c2ccccc2)c2c1[C@H](c1ccc(F)cc1)[C@H](NC(=O)c1cccc(C(F)(F)F)c1)C(=O)N2CC. The van der Waals surface area contributed by atoms with Gasteiger partial charge in [0.25, 0.3) is 17.7 Å². The number of benzene rings is 3. The van der Waals surface area contributed by atoms with E-state index in [-0.39, 0.29) is 30.0 Å².